The van der Waals surface area contributed by atoms with E-state index in [4.69, 9.17) is 0 Å². The van der Waals surface area contributed by atoms with Crippen LogP contribution in [-0.4, -0.2) is 0 Å². The second kappa shape index (κ2) is 30.3. The normalized spacial score (nSPS) is 10.3. The van der Waals surface area contributed by atoms with E-state index in [1.54, 1.807) is 12.2 Å². The molecule has 0 aromatic heterocycles. The number of anilines is 3. The first-order valence-electron chi connectivity index (χ1n) is 19.5. The Labute approximate surface area is 313 Å². The van der Waals surface area contributed by atoms with Gasteiger partial charge in [-0.25, -0.2) is 0 Å². The molecule has 0 unspecified atom stereocenters. The molecule has 3 rings (SSSR count). The Morgan fingerprint density at radius 2 is 0.880 bits per heavy atom. The minimum atomic E-state index is 0.203. The van der Waals surface area contributed by atoms with Gasteiger partial charge in [0, 0.05) is 17.1 Å². The molecule has 0 heterocycles. The Kier molecular flexibility index (Phi) is 30.7. The van der Waals surface area contributed by atoms with Crippen molar-refractivity contribution in [2.45, 2.75) is 153 Å². The molecule has 0 saturated heterocycles. The molecule has 0 fully saturated rings. The molecule has 0 radical (unpaired) electrons. The summed E-state index contributed by atoms with van der Waals surface area (Å²) in [6.45, 7) is 42.5. The predicted molar refractivity (Wildman–Crippen MR) is 235 cm³/mol. The molecule has 0 aliphatic rings. The highest BCUT2D eigenvalue weighted by atomic mass is 15.1. The van der Waals surface area contributed by atoms with E-state index in [2.05, 4.69) is 146 Å². The van der Waals surface area contributed by atoms with Crippen LogP contribution in [-0.2, 0) is 10.8 Å². The number of benzene rings is 3. The van der Waals surface area contributed by atoms with Gasteiger partial charge in [0.1, 0.15) is 0 Å². The minimum absolute atomic E-state index is 0.203. The Balaban J connectivity index is -0.00000117. The number of aryl methyl sites for hydroxylation is 1. The summed E-state index contributed by atoms with van der Waals surface area (Å²) in [5.74, 6) is 0. The smallest absolute Gasteiger partial charge is 0.0461 e. The summed E-state index contributed by atoms with van der Waals surface area (Å²) in [7, 11) is 0. The van der Waals surface area contributed by atoms with Crippen LogP contribution in [0.4, 0.5) is 17.1 Å². The Morgan fingerprint density at radius 3 is 1.10 bits per heavy atom. The van der Waals surface area contributed by atoms with Gasteiger partial charge in [0.2, 0.25) is 0 Å². The van der Waals surface area contributed by atoms with E-state index in [1.807, 2.05) is 67.5 Å². The Morgan fingerprint density at radius 1 is 0.580 bits per heavy atom. The summed E-state index contributed by atoms with van der Waals surface area (Å²) < 4.78 is 0. The van der Waals surface area contributed by atoms with Crippen LogP contribution in [0.2, 0.25) is 0 Å². The molecule has 280 valence electrons. The van der Waals surface area contributed by atoms with Gasteiger partial charge in [0.25, 0.3) is 0 Å². The lowest BCUT2D eigenvalue weighted by Crippen LogP contribution is -2.18. The van der Waals surface area contributed by atoms with Crippen molar-refractivity contribution in [2.75, 3.05) is 4.90 Å². The molecule has 0 amide bonds. The number of hydrogen-bond acceptors (Lipinski definition) is 1. The first-order chi connectivity index (χ1) is 23.9. The average Bonchev–Trinajstić information content (AvgIpc) is 3.17. The summed E-state index contributed by atoms with van der Waals surface area (Å²) in [5, 5.41) is 0. The molecular weight excluding hydrogens is 603 g/mol. The van der Waals surface area contributed by atoms with E-state index in [9.17, 15) is 0 Å². The van der Waals surface area contributed by atoms with Crippen LogP contribution in [0.5, 0.6) is 0 Å². The van der Waals surface area contributed by atoms with Crippen molar-refractivity contribution in [3.8, 4) is 0 Å². The van der Waals surface area contributed by atoms with Gasteiger partial charge in [-0.05, 0) is 92.0 Å². The highest BCUT2D eigenvalue weighted by molar-refractivity contribution is 5.76. The first kappa shape index (κ1) is 50.8. The van der Waals surface area contributed by atoms with E-state index < -0.39 is 0 Å². The van der Waals surface area contributed by atoms with Crippen LogP contribution in [0.25, 0.3) is 0 Å². The van der Waals surface area contributed by atoms with Gasteiger partial charge in [0.15, 0.2) is 0 Å². The van der Waals surface area contributed by atoms with Crippen LogP contribution in [0.15, 0.2) is 122 Å². The van der Waals surface area contributed by atoms with Crippen molar-refractivity contribution in [1.29, 1.82) is 0 Å². The fraction of sp³-hybridized carbons (Fsp3) is 0.469. The molecule has 0 atom stereocenters. The number of hydrogen-bond donors (Lipinski definition) is 0. The Hall–Kier alpha value is -3.58. The molecule has 1 nitrogen and oxygen atoms in total. The molecule has 50 heavy (non-hydrogen) atoms. The van der Waals surface area contributed by atoms with Gasteiger partial charge < -0.3 is 4.90 Å². The SMILES string of the molecule is C=C/C(C)=C\C.C=CC=C.CC.CC.CC.CCCCC(C)(C)c1ccc(N(c2ccc(C)cc2)c2ccc(C(C)(C)CCCC)cc2)cc1. The summed E-state index contributed by atoms with van der Waals surface area (Å²) in [6, 6.07) is 27.3. The number of allylic oxidation sites excluding steroid dienone is 5. The third-order valence-corrected chi connectivity index (χ3v) is 8.36. The molecule has 0 saturated carbocycles. The predicted octanol–water partition coefficient (Wildman–Crippen LogP) is 17.0. The van der Waals surface area contributed by atoms with Gasteiger partial charge in [-0.1, -0.05) is 200 Å². The molecule has 0 N–H and O–H groups in total. The lowest BCUT2D eigenvalue weighted by atomic mass is 9.80. The van der Waals surface area contributed by atoms with Gasteiger partial charge in [-0.15, -0.1) is 0 Å². The molecule has 3 aromatic carbocycles. The second-order valence-corrected chi connectivity index (χ2v) is 12.9. The fourth-order valence-corrected chi connectivity index (χ4v) is 4.91. The van der Waals surface area contributed by atoms with Crippen molar-refractivity contribution in [1.82, 2.24) is 0 Å². The van der Waals surface area contributed by atoms with E-state index >= 15 is 0 Å². The van der Waals surface area contributed by atoms with Crippen molar-refractivity contribution < 1.29 is 0 Å². The highest BCUT2D eigenvalue weighted by Crippen LogP contribution is 2.38. The molecule has 0 spiro atoms. The van der Waals surface area contributed by atoms with Crippen molar-refractivity contribution >= 4 is 17.1 Å². The summed E-state index contributed by atoms with van der Waals surface area (Å²) in [5.41, 5.74) is 9.36. The zero-order chi connectivity index (χ0) is 39.2. The monoisotopic (exact) mass is 682 g/mol. The molecule has 3 aromatic rings. The molecule has 0 aliphatic carbocycles. The standard InChI is InChI=1S/C33H45N.C6H10.C4H6.3C2H6/c1-8-10-24-32(4,5)27-14-20-30(21-15-27)34(29-18-12-26(3)13-19-29)31-22-16-28(17-23-31)33(6,7)25-11-9-2;1-4-6(3)5-2;1-3-4-2;3*1-2/h12-23H,8-11,24-25H2,1-7H3;4-5H,1H2,2-3H3;3-4H,1-2H2;3*1-2H3/b;6-5-;;;;. The van der Waals surface area contributed by atoms with E-state index in [0.717, 1.165) is 0 Å². The minimum Gasteiger partial charge on any atom is -0.311 e. The van der Waals surface area contributed by atoms with Crippen LogP contribution in [0.1, 0.15) is 152 Å². The highest BCUT2D eigenvalue weighted by Gasteiger charge is 2.22. The maximum atomic E-state index is 3.56. The van der Waals surface area contributed by atoms with E-state index in [1.165, 1.54) is 77.9 Å². The Bertz CT molecular complexity index is 1200. The summed E-state index contributed by atoms with van der Waals surface area (Å²) in [6.07, 6.45) is 14.6. The van der Waals surface area contributed by atoms with Crippen molar-refractivity contribution in [3.05, 3.63) is 139 Å². The number of nitrogens with zero attached hydrogens (tertiary/aromatic N) is 1. The molecule has 1 heteroatoms. The van der Waals surface area contributed by atoms with Gasteiger partial charge >= 0.3 is 0 Å². The van der Waals surface area contributed by atoms with Gasteiger partial charge in [-0.3, -0.25) is 0 Å². The first-order valence-corrected chi connectivity index (χ1v) is 19.5. The van der Waals surface area contributed by atoms with Crippen molar-refractivity contribution in [2.24, 2.45) is 0 Å². The molecule has 0 bridgehead atoms. The fourth-order valence-electron chi connectivity index (χ4n) is 4.91. The molecule has 0 aliphatic heterocycles. The van der Waals surface area contributed by atoms with E-state index in [0.29, 0.717) is 0 Å². The number of rotatable bonds is 13. The summed E-state index contributed by atoms with van der Waals surface area (Å²) in [4.78, 5) is 2.38. The lowest BCUT2D eigenvalue weighted by molar-refractivity contribution is 0.458. The van der Waals surface area contributed by atoms with E-state index in [-0.39, 0.29) is 10.8 Å². The maximum absolute atomic E-state index is 3.56. The third kappa shape index (κ3) is 19.6. The maximum Gasteiger partial charge on any atom is 0.0461 e. The average molecular weight is 682 g/mol. The second-order valence-electron chi connectivity index (χ2n) is 12.9. The lowest BCUT2D eigenvalue weighted by Gasteiger charge is -2.30. The van der Waals surface area contributed by atoms with Crippen LogP contribution >= 0.6 is 0 Å². The van der Waals surface area contributed by atoms with Crippen molar-refractivity contribution in [3.63, 3.8) is 0 Å². The van der Waals surface area contributed by atoms with Crippen LogP contribution in [0, 0.1) is 6.92 Å². The van der Waals surface area contributed by atoms with Crippen LogP contribution in [0.3, 0.4) is 0 Å². The zero-order valence-electron chi connectivity index (χ0n) is 35.5. The zero-order valence-corrected chi connectivity index (χ0v) is 35.5. The quantitative estimate of drug-likeness (QED) is 0.162. The summed E-state index contributed by atoms with van der Waals surface area (Å²) >= 11 is 0. The van der Waals surface area contributed by atoms with Gasteiger partial charge in [0.05, 0.1) is 0 Å². The van der Waals surface area contributed by atoms with Crippen LogP contribution < -0.4 is 4.90 Å². The topological polar surface area (TPSA) is 3.24 Å². The third-order valence-electron chi connectivity index (χ3n) is 8.36. The van der Waals surface area contributed by atoms with Gasteiger partial charge in [-0.2, -0.15) is 0 Å². The largest absolute Gasteiger partial charge is 0.311 e. The number of unbranched alkanes of at least 4 members (excludes halogenated alkanes) is 2. The molecular formula is C49H79N.